The third kappa shape index (κ3) is 5.62. The first-order valence-electron chi connectivity index (χ1n) is 11.0. The van der Waals surface area contributed by atoms with Crippen molar-refractivity contribution < 1.29 is 19.0 Å². The van der Waals surface area contributed by atoms with E-state index in [1.807, 2.05) is 0 Å². The summed E-state index contributed by atoms with van der Waals surface area (Å²) in [4.78, 5) is 31.2. The van der Waals surface area contributed by atoms with Crippen LogP contribution in [0.15, 0.2) is 36.7 Å². The molecular weight excluding hydrogens is 450 g/mol. The fourth-order valence-electron chi connectivity index (χ4n) is 3.49. The maximum Gasteiger partial charge on any atom is 0.258 e. The van der Waals surface area contributed by atoms with Crippen molar-refractivity contribution in [2.45, 2.75) is 18.9 Å². The van der Waals surface area contributed by atoms with Crippen molar-refractivity contribution >= 4 is 17.7 Å². The second-order valence-corrected chi connectivity index (χ2v) is 7.94. The molecule has 0 saturated carbocycles. The van der Waals surface area contributed by atoms with Gasteiger partial charge >= 0.3 is 0 Å². The SMILES string of the molecule is COc1cc(Nc2nccc(-c3ccc(OC4CCOCC4)c(C#N)n3)n2)ncc1C(=O)N(C)C. The lowest BCUT2D eigenvalue weighted by Crippen LogP contribution is -2.26. The number of carbonyl (C=O) groups excluding carboxylic acids is 1. The van der Waals surface area contributed by atoms with E-state index in [0.29, 0.717) is 47.5 Å². The first kappa shape index (κ1) is 23.8. The Morgan fingerprint density at radius 1 is 1.14 bits per heavy atom. The molecule has 0 bridgehead atoms. The number of methoxy groups -OCH3 is 1. The number of nitriles is 1. The highest BCUT2D eigenvalue weighted by molar-refractivity contribution is 5.96. The van der Waals surface area contributed by atoms with E-state index < -0.39 is 0 Å². The summed E-state index contributed by atoms with van der Waals surface area (Å²) in [7, 11) is 4.79. The Balaban J connectivity index is 1.54. The number of aromatic nitrogens is 4. The van der Waals surface area contributed by atoms with Gasteiger partial charge < -0.3 is 24.4 Å². The summed E-state index contributed by atoms with van der Waals surface area (Å²) in [6.45, 7) is 1.29. The fourth-order valence-corrected chi connectivity index (χ4v) is 3.49. The van der Waals surface area contributed by atoms with Gasteiger partial charge in [-0.2, -0.15) is 5.26 Å². The summed E-state index contributed by atoms with van der Waals surface area (Å²) >= 11 is 0. The van der Waals surface area contributed by atoms with Crippen LogP contribution in [-0.2, 0) is 4.74 Å². The molecule has 4 rings (SSSR count). The van der Waals surface area contributed by atoms with Gasteiger partial charge in [0.25, 0.3) is 5.91 Å². The number of amides is 1. The van der Waals surface area contributed by atoms with E-state index >= 15 is 0 Å². The third-order valence-electron chi connectivity index (χ3n) is 5.31. The van der Waals surface area contributed by atoms with Crippen LogP contribution in [0.5, 0.6) is 11.5 Å². The Labute approximate surface area is 202 Å². The topological polar surface area (TPSA) is 135 Å². The molecule has 1 aliphatic rings. The molecule has 0 spiro atoms. The van der Waals surface area contributed by atoms with E-state index in [-0.39, 0.29) is 23.7 Å². The molecule has 180 valence electrons. The average Bonchev–Trinajstić information content (AvgIpc) is 2.89. The summed E-state index contributed by atoms with van der Waals surface area (Å²) < 4.78 is 16.7. The molecule has 11 heteroatoms. The molecule has 0 unspecified atom stereocenters. The van der Waals surface area contributed by atoms with Crippen LogP contribution in [0.4, 0.5) is 11.8 Å². The number of nitrogens with zero attached hydrogens (tertiary/aromatic N) is 6. The zero-order chi connectivity index (χ0) is 24.8. The van der Waals surface area contributed by atoms with Crippen LogP contribution in [-0.4, -0.2) is 71.3 Å². The molecule has 0 atom stereocenters. The number of anilines is 2. The first-order valence-corrected chi connectivity index (χ1v) is 11.0. The van der Waals surface area contributed by atoms with E-state index in [4.69, 9.17) is 14.2 Å². The molecular formula is C24H25N7O4. The maximum absolute atomic E-state index is 12.3. The second-order valence-electron chi connectivity index (χ2n) is 7.94. The van der Waals surface area contributed by atoms with Gasteiger partial charge in [0.05, 0.1) is 37.3 Å². The number of hydrogen-bond acceptors (Lipinski definition) is 10. The lowest BCUT2D eigenvalue weighted by atomic mass is 10.1. The van der Waals surface area contributed by atoms with Gasteiger partial charge in [0, 0.05) is 45.4 Å². The van der Waals surface area contributed by atoms with Gasteiger partial charge in [0.1, 0.15) is 23.7 Å². The molecule has 3 aromatic rings. The number of rotatable bonds is 7. The van der Waals surface area contributed by atoms with Crippen molar-refractivity contribution in [3.8, 4) is 29.0 Å². The van der Waals surface area contributed by atoms with Gasteiger partial charge in [-0.15, -0.1) is 0 Å². The van der Waals surface area contributed by atoms with Gasteiger partial charge in [0.15, 0.2) is 11.4 Å². The smallest absolute Gasteiger partial charge is 0.258 e. The minimum absolute atomic E-state index is 0.00209. The number of nitrogens with one attached hydrogen (secondary N) is 1. The van der Waals surface area contributed by atoms with Crippen LogP contribution in [0.25, 0.3) is 11.4 Å². The van der Waals surface area contributed by atoms with Gasteiger partial charge in [-0.05, 0) is 18.2 Å². The van der Waals surface area contributed by atoms with Crippen LogP contribution in [0, 0.1) is 11.3 Å². The van der Waals surface area contributed by atoms with Crippen molar-refractivity contribution in [2.24, 2.45) is 0 Å². The standard InChI is InChI=1S/C24H25N7O4/c1-31(2)23(32)16-14-27-22(12-21(16)33-3)30-24-26-9-6-18(29-24)17-4-5-20(19(13-25)28-17)35-15-7-10-34-11-8-15/h4-6,9,12,14-15H,7-8,10-11H2,1-3H3,(H,26,27,29,30). The van der Waals surface area contributed by atoms with Crippen LogP contribution in [0.2, 0.25) is 0 Å². The van der Waals surface area contributed by atoms with Crippen LogP contribution >= 0.6 is 0 Å². The molecule has 11 nitrogen and oxygen atoms in total. The minimum atomic E-state index is -0.220. The molecule has 4 heterocycles. The first-order chi connectivity index (χ1) is 17.0. The Kier molecular flexibility index (Phi) is 7.32. The molecule has 0 aromatic carbocycles. The molecule has 1 N–H and O–H groups in total. The Bertz CT molecular complexity index is 1250. The van der Waals surface area contributed by atoms with Crippen LogP contribution in [0.1, 0.15) is 28.9 Å². The van der Waals surface area contributed by atoms with Gasteiger partial charge in [-0.3, -0.25) is 4.79 Å². The highest BCUT2D eigenvalue weighted by atomic mass is 16.5. The molecule has 0 aliphatic carbocycles. The van der Waals surface area contributed by atoms with Crippen molar-refractivity contribution in [3.05, 3.63) is 47.9 Å². The highest BCUT2D eigenvalue weighted by Crippen LogP contribution is 2.26. The quantitative estimate of drug-likeness (QED) is 0.543. The Morgan fingerprint density at radius 2 is 1.91 bits per heavy atom. The zero-order valence-electron chi connectivity index (χ0n) is 19.7. The second kappa shape index (κ2) is 10.8. The number of pyridine rings is 2. The number of ether oxygens (including phenoxy) is 3. The summed E-state index contributed by atoms with van der Waals surface area (Å²) in [6.07, 6.45) is 4.56. The monoisotopic (exact) mass is 475 g/mol. The summed E-state index contributed by atoms with van der Waals surface area (Å²) in [6, 6.07) is 8.89. The zero-order valence-corrected chi connectivity index (χ0v) is 19.7. The van der Waals surface area contributed by atoms with Crippen molar-refractivity contribution in [3.63, 3.8) is 0 Å². The minimum Gasteiger partial charge on any atom is -0.496 e. The molecule has 35 heavy (non-hydrogen) atoms. The van der Waals surface area contributed by atoms with Crippen molar-refractivity contribution in [1.82, 2.24) is 24.8 Å². The normalized spacial score (nSPS) is 13.5. The fraction of sp³-hybridized carbons (Fsp3) is 0.333. The highest BCUT2D eigenvalue weighted by Gasteiger charge is 2.19. The van der Waals surface area contributed by atoms with E-state index in [0.717, 1.165) is 12.8 Å². The van der Waals surface area contributed by atoms with E-state index in [2.05, 4.69) is 31.3 Å². The Morgan fingerprint density at radius 3 is 2.63 bits per heavy atom. The van der Waals surface area contributed by atoms with Crippen LogP contribution in [0.3, 0.4) is 0 Å². The predicted octanol–water partition coefficient (Wildman–Crippen LogP) is 2.82. The molecule has 0 radical (unpaired) electrons. The van der Waals surface area contributed by atoms with Crippen LogP contribution < -0.4 is 14.8 Å². The van der Waals surface area contributed by atoms with E-state index in [1.54, 1.807) is 44.6 Å². The van der Waals surface area contributed by atoms with Crippen molar-refractivity contribution in [2.75, 3.05) is 39.7 Å². The lowest BCUT2D eigenvalue weighted by molar-refractivity contribution is 0.0253. The number of carbonyl (C=O) groups is 1. The van der Waals surface area contributed by atoms with Gasteiger partial charge in [0.2, 0.25) is 5.95 Å². The molecule has 1 aliphatic heterocycles. The molecule has 1 amide bonds. The molecule has 3 aromatic heterocycles. The maximum atomic E-state index is 12.3. The van der Waals surface area contributed by atoms with Gasteiger partial charge in [-0.1, -0.05) is 0 Å². The number of hydrogen-bond donors (Lipinski definition) is 1. The van der Waals surface area contributed by atoms with Gasteiger partial charge in [-0.25, -0.2) is 19.9 Å². The summed E-state index contributed by atoms with van der Waals surface area (Å²) in [5, 5.41) is 12.6. The largest absolute Gasteiger partial charge is 0.496 e. The third-order valence-corrected chi connectivity index (χ3v) is 5.31. The van der Waals surface area contributed by atoms with E-state index in [9.17, 15) is 10.1 Å². The summed E-state index contributed by atoms with van der Waals surface area (Å²) in [5.41, 5.74) is 1.55. The van der Waals surface area contributed by atoms with Crippen molar-refractivity contribution in [1.29, 1.82) is 5.26 Å². The van der Waals surface area contributed by atoms with E-state index in [1.165, 1.54) is 18.2 Å². The predicted molar refractivity (Wildman–Crippen MR) is 127 cm³/mol. The molecule has 1 saturated heterocycles. The Hall–Kier alpha value is -4.30. The molecule has 1 fully saturated rings. The summed E-state index contributed by atoms with van der Waals surface area (Å²) in [5.74, 6) is 1.27. The lowest BCUT2D eigenvalue weighted by Gasteiger charge is -2.23. The average molecular weight is 476 g/mol.